The van der Waals surface area contributed by atoms with E-state index in [1.807, 2.05) is 18.7 Å². The van der Waals surface area contributed by atoms with Gasteiger partial charge in [-0.25, -0.2) is 4.98 Å². The summed E-state index contributed by atoms with van der Waals surface area (Å²) in [7, 11) is 0. The number of aryl methyl sites for hydroxylation is 1. The van der Waals surface area contributed by atoms with Crippen LogP contribution in [0.3, 0.4) is 0 Å². The first-order valence-corrected chi connectivity index (χ1v) is 8.42. The maximum atomic E-state index is 12.4. The molecule has 7 heteroatoms. The molecule has 1 saturated heterocycles. The standard InChI is InChI=1S/C14H25N5OS/c1-4-12-16-14(21-17-12)19-7-5-6-18(8-9-19)13(20)10(2)11(3)15/h10-11H,4-9,15H2,1-3H3. The van der Waals surface area contributed by atoms with Gasteiger partial charge in [0.15, 0.2) is 0 Å². The van der Waals surface area contributed by atoms with Gasteiger partial charge >= 0.3 is 0 Å². The highest BCUT2D eigenvalue weighted by Gasteiger charge is 2.26. The van der Waals surface area contributed by atoms with Gasteiger partial charge in [-0.1, -0.05) is 13.8 Å². The van der Waals surface area contributed by atoms with Crippen LogP contribution in [0.5, 0.6) is 0 Å². The molecule has 1 aromatic heterocycles. The van der Waals surface area contributed by atoms with Crippen LogP contribution in [-0.4, -0.2) is 52.4 Å². The van der Waals surface area contributed by atoms with Gasteiger partial charge in [-0.05, 0) is 13.3 Å². The summed E-state index contributed by atoms with van der Waals surface area (Å²) in [5, 5.41) is 0.974. The van der Waals surface area contributed by atoms with Crippen LogP contribution >= 0.6 is 11.5 Å². The number of aromatic nitrogens is 2. The van der Waals surface area contributed by atoms with E-state index < -0.39 is 0 Å². The Morgan fingerprint density at radius 1 is 1.33 bits per heavy atom. The van der Waals surface area contributed by atoms with E-state index in [9.17, 15) is 4.79 Å². The minimum atomic E-state index is -0.121. The molecule has 2 N–H and O–H groups in total. The van der Waals surface area contributed by atoms with Crippen LogP contribution in [0.15, 0.2) is 0 Å². The minimum Gasteiger partial charge on any atom is -0.345 e. The second kappa shape index (κ2) is 7.17. The number of carbonyl (C=O) groups is 1. The molecule has 0 aliphatic carbocycles. The number of nitrogens with zero attached hydrogens (tertiary/aromatic N) is 4. The van der Waals surface area contributed by atoms with Crippen LogP contribution in [0, 0.1) is 5.92 Å². The summed E-state index contributed by atoms with van der Waals surface area (Å²) in [5.74, 6) is 0.945. The van der Waals surface area contributed by atoms with Gasteiger partial charge in [0.05, 0.1) is 5.92 Å². The molecule has 1 fully saturated rings. The summed E-state index contributed by atoms with van der Waals surface area (Å²) in [6.07, 6.45) is 1.82. The van der Waals surface area contributed by atoms with E-state index in [1.54, 1.807) is 0 Å². The quantitative estimate of drug-likeness (QED) is 0.902. The van der Waals surface area contributed by atoms with Gasteiger partial charge in [0.2, 0.25) is 11.0 Å². The van der Waals surface area contributed by atoms with Crippen molar-refractivity contribution < 1.29 is 4.79 Å². The van der Waals surface area contributed by atoms with Crippen molar-refractivity contribution >= 4 is 22.6 Å². The molecule has 0 saturated carbocycles. The van der Waals surface area contributed by atoms with Crippen LogP contribution in [0.1, 0.15) is 33.0 Å². The lowest BCUT2D eigenvalue weighted by Gasteiger charge is -2.26. The molecule has 1 amide bonds. The molecule has 1 aliphatic heterocycles. The topological polar surface area (TPSA) is 75.4 Å². The minimum absolute atomic E-state index is 0.105. The van der Waals surface area contributed by atoms with E-state index in [0.717, 1.165) is 50.0 Å². The first-order chi connectivity index (χ1) is 10.0. The van der Waals surface area contributed by atoms with Crippen molar-refractivity contribution in [2.24, 2.45) is 11.7 Å². The Morgan fingerprint density at radius 3 is 2.71 bits per heavy atom. The van der Waals surface area contributed by atoms with Gasteiger partial charge < -0.3 is 15.5 Å². The highest BCUT2D eigenvalue weighted by Crippen LogP contribution is 2.20. The SMILES string of the molecule is CCc1nsc(N2CCCN(C(=O)C(C)C(C)N)CC2)n1. The van der Waals surface area contributed by atoms with Gasteiger partial charge in [-0.3, -0.25) is 4.79 Å². The normalized spacial score (nSPS) is 19.2. The third-order valence-electron chi connectivity index (χ3n) is 4.03. The van der Waals surface area contributed by atoms with Crippen LogP contribution in [0.25, 0.3) is 0 Å². The van der Waals surface area contributed by atoms with Crippen molar-refractivity contribution in [3.8, 4) is 0 Å². The molecule has 6 nitrogen and oxygen atoms in total. The van der Waals surface area contributed by atoms with E-state index in [-0.39, 0.29) is 17.9 Å². The molecule has 0 aromatic carbocycles. The van der Waals surface area contributed by atoms with Gasteiger partial charge in [-0.15, -0.1) is 0 Å². The lowest BCUT2D eigenvalue weighted by atomic mass is 10.0. The average molecular weight is 311 g/mol. The predicted octanol–water partition coefficient (Wildman–Crippen LogP) is 1.12. The zero-order chi connectivity index (χ0) is 15.4. The summed E-state index contributed by atoms with van der Waals surface area (Å²) < 4.78 is 4.34. The van der Waals surface area contributed by atoms with Crippen LogP contribution in [0.2, 0.25) is 0 Å². The lowest BCUT2D eigenvalue weighted by molar-refractivity contribution is -0.135. The Balaban J connectivity index is 1.97. The van der Waals surface area contributed by atoms with Gasteiger partial charge in [0, 0.05) is 50.2 Å². The first kappa shape index (κ1) is 16.2. The van der Waals surface area contributed by atoms with Crippen molar-refractivity contribution in [1.82, 2.24) is 14.3 Å². The number of carbonyl (C=O) groups excluding carboxylic acids is 1. The van der Waals surface area contributed by atoms with Crippen LogP contribution in [-0.2, 0) is 11.2 Å². The van der Waals surface area contributed by atoms with Crippen molar-refractivity contribution in [3.63, 3.8) is 0 Å². The summed E-state index contributed by atoms with van der Waals surface area (Å²) >= 11 is 1.45. The fourth-order valence-corrected chi connectivity index (χ4v) is 3.16. The Kier molecular flexibility index (Phi) is 5.52. The smallest absolute Gasteiger partial charge is 0.227 e. The van der Waals surface area contributed by atoms with E-state index in [2.05, 4.69) is 21.2 Å². The number of hydrogen-bond acceptors (Lipinski definition) is 6. The number of anilines is 1. The maximum Gasteiger partial charge on any atom is 0.227 e. The number of nitrogens with two attached hydrogens (primary N) is 1. The predicted molar refractivity (Wildman–Crippen MR) is 85.5 cm³/mol. The van der Waals surface area contributed by atoms with Crippen molar-refractivity contribution in [1.29, 1.82) is 0 Å². The Morgan fingerprint density at radius 2 is 2.10 bits per heavy atom. The highest BCUT2D eigenvalue weighted by molar-refractivity contribution is 7.09. The average Bonchev–Trinajstić information content (AvgIpc) is 2.82. The van der Waals surface area contributed by atoms with Crippen molar-refractivity contribution in [2.45, 2.75) is 39.7 Å². The Labute approximate surface area is 130 Å². The van der Waals surface area contributed by atoms with Gasteiger partial charge in [-0.2, -0.15) is 4.37 Å². The maximum absolute atomic E-state index is 12.4. The molecule has 21 heavy (non-hydrogen) atoms. The molecule has 0 bridgehead atoms. The lowest BCUT2D eigenvalue weighted by Crippen LogP contribution is -2.43. The molecular formula is C14H25N5OS. The molecule has 0 spiro atoms. The monoisotopic (exact) mass is 311 g/mol. The van der Waals surface area contributed by atoms with Gasteiger partial charge in [0.1, 0.15) is 5.82 Å². The third-order valence-corrected chi connectivity index (χ3v) is 4.84. The molecular weight excluding hydrogens is 286 g/mol. The number of rotatable bonds is 4. The molecule has 2 unspecified atom stereocenters. The first-order valence-electron chi connectivity index (χ1n) is 7.64. The summed E-state index contributed by atoms with van der Waals surface area (Å²) in [6.45, 7) is 9.13. The third kappa shape index (κ3) is 3.91. The highest BCUT2D eigenvalue weighted by atomic mass is 32.1. The second-order valence-electron chi connectivity index (χ2n) is 5.66. The number of amides is 1. The summed E-state index contributed by atoms with van der Waals surface area (Å²) in [4.78, 5) is 21.1. The molecule has 2 rings (SSSR count). The van der Waals surface area contributed by atoms with Gasteiger partial charge in [0.25, 0.3) is 0 Å². The van der Waals surface area contributed by atoms with Crippen LogP contribution < -0.4 is 10.6 Å². The molecule has 118 valence electrons. The van der Waals surface area contributed by atoms with Crippen molar-refractivity contribution in [2.75, 3.05) is 31.1 Å². The van der Waals surface area contributed by atoms with E-state index in [4.69, 9.17) is 5.73 Å². The number of hydrogen-bond donors (Lipinski definition) is 1. The Hall–Kier alpha value is -1.21. The zero-order valence-electron chi connectivity index (χ0n) is 13.1. The molecule has 2 atom stereocenters. The molecule has 2 heterocycles. The zero-order valence-corrected chi connectivity index (χ0v) is 13.9. The Bertz CT molecular complexity index is 476. The van der Waals surface area contributed by atoms with E-state index in [0.29, 0.717) is 0 Å². The van der Waals surface area contributed by atoms with Crippen molar-refractivity contribution in [3.05, 3.63) is 5.82 Å². The summed E-state index contributed by atoms with van der Waals surface area (Å²) in [6, 6.07) is -0.105. The second-order valence-corrected chi connectivity index (χ2v) is 6.39. The largest absolute Gasteiger partial charge is 0.345 e. The summed E-state index contributed by atoms with van der Waals surface area (Å²) in [5.41, 5.74) is 5.84. The molecule has 1 aromatic rings. The molecule has 0 radical (unpaired) electrons. The van der Waals surface area contributed by atoms with E-state index in [1.165, 1.54) is 11.5 Å². The molecule has 1 aliphatic rings. The fourth-order valence-electron chi connectivity index (χ4n) is 2.36. The fraction of sp³-hybridized carbons (Fsp3) is 0.786. The van der Waals surface area contributed by atoms with E-state index >= 15 is 0 Å². The van der Waals surface area contributed by atoms with Crippen LogP contribution in [0.4, 0.5) is 5.13 Å².